The Morgan fingerprint density at radius 3 is 2.61 bits per heavy atom. The van der Waals surface area contributed by atoms with Crippen molar-refractivity contribution in [1.29, 1.82) is 0 Å². The van der Waals surface area contributed by atoms with E-state index >= 15 is 0 Å². The molecule has 2 rings (SSSR count). The summed E-state index contributed by atoms with van der Waals surface area (Å²) in [6, 6.07) is 1.90. The fraction of sp³-hybridized carbons (Fsp3) is 0.667. The van der Waals surface area contributed by atoms with Crippen molar-refractivity contribution in [2.75, 3.05) is 30.0 Å². The zero-order valence-electron chi connectivity index (χ0n) is 10.9. The number of aliphatic hydroxyl groups is 1. The van der Waals surface area contributed by atoms with Gasteiger partial charge in [0.15, 0.2) is 5.16 Å². The molecule has 1 heterocycles. The minimum Gasteiger partial charge on any atom is -0.394 e. The number of aromatic nitrogens is 2. The highest BCUT2D eigenvalue weighted by atomic mass is 32.2. The van der Waals surface area contributed by atoms with Gasteiger partial charge in [0.1, 0.15) is 11.6 Å². The summed E-state index contributed by atoms with van der Waals surface area (Å²) in [6.45, 7) is 3.02. The van der Waals surface area contributed by atoms with Crippen LogP contribution in [0, 0.1) is 0 Å². The van der Waals surface area contributed by atoms with E-state index in [1.165, 1.54) is 11.8 Å². The van der Waals surface area contributed by atoms with Crippen LogP contribution in [0.15, 0.2) is 11.2 Å². The van der Waals surface area contributed by atoms with Crippen LogP contribution in [0.3, 0.4) is 0 Å². The van der Waals surface area contributed by atoms with Crippen LogP contribution >= 0.6 is 11.8 Å². The lowest BCUT2D eigenvalue weighted by molar-refractivity contribution is 0.143. The quantitative estimate of drug-likeness (QED) is 0.541. The van der Waals surface area contributed by atoms with Gasteiger partial charge in [-0.1, -0.05) is 11.8 Å². The first-order valence-electron chi connectivity index (χ1n) is 6.27. The molecule has 100 valence electrons. The van der Waals surface area contributed by atoms with Crippen LogP contribution in [0.25, 0.3) is 0 Å². The molecule has 1 saturated carbocycles. The van der Waals surface area contributed by atoms with Gasteiger partial charge in [-0.3, -0.25) is 0 Å². The second kappa shape index (κ2) is 5.75. The standard InChI is InChI=1S/C12H20N4OS/c1-3-13-9-7-10(15-11(14-9)18-2)16-12(8-17)5-4-6-12/h7,17H,3-6,8H2,1-2H3,(H2,13,14,15,16). The predicted molar refractivity (Wildman–Crippen MR) is 75.3 cm³/mol. The molecule has 1 aromatic rings. The minimum absolute atomic E-state index is 0.155. The molecule has 0 bridgehead atoms. The molecule has 0 radical (unpaired) electrons. The number of rotatable bonds is 6. The van der Waals surface area contributed by atoms with E-state index in [1.54, 1.807) is 0 Å². The molecule has 3 N–H and O–H groups in total. The highest BCUT2D eigenvalue weighted by Gasteiger charge is 2.36. The van der Waals surface area contributed by atoms with Gasteiger partial charge >= 0.3 is 0 Å². The lowest BCUT2D eigenvalue weighted by Crippen LogP contribution is -2.48. The van der Waals surface area contributed by atoms with Crippen LogP contribution in [0.5, 0.6) is 0 Å². The Kier molecular flexibility index (Phi) is 4.29. The van der Waals surface area contributed by atoms with E-state index in [-0.39, 0.29) is 12.1 Å². The van der Waals surface area contributed by atoms with E-state index in [0.29, 0.717) is 0 Å². The van der Waals surface area contributed by atoms with Crippen LogP contribution in [0.2, 0.25) is 0 Å². The first-order chi connectivity index (χ1) is 8.71. The van der Waals surface area contributed by atoms with Crippen molar-refractivity contribution in [1.82, 2.24) is 9.97 Å². The molecule has 1 fully saturated rings. The number of thioether (sulfide) groups is 1. The van der Waals surface area contributed by atoms with Gasteiger partial charge in [0, 0.05) is 12.6 Å². The number of nitrogens with one attached hydrogen (secondary N) is 2. The number of nitrogens with zero attached hydrogens (tertiary/aromatic N) is 2. The van der Waals surface area contributed by atoms with Crippen LogP contribution in [0.1, 0.15) is 26.2 Å². The Morgan fingerprint density at radius 1 is 1.39 bits per heavy atom. The molecule has 0 spiro atoms. The van der Waals surface area contributed by atoms with Crippen LogP contribution in [-0.4, -0.2) is 40.0 Å². The highest BCUT2D eigenvalue weighted by molar-refractivity contribution is 7.98. The molecule has 0 unspecified atom stereocenters. The molecule has 0 atom stereocenters. The summed E-state index contributed by atoms with van der Waals surface area (Å²) >= 11 is 1.52. The van der Waals surface area contributed by atoms with E-state index < -0.39 is 0 Å². The molecular weight excluding hydrogens is 248 g/mol. The average molecular weight is 268 g/mol. The first kappa shape index (κ1) is 13.4. The van der Waals surface area contributed by atoms with Gasteiger partial charge in [-0.05, 0) is 32.4 Å². The largest absolute Gasteiger partial charge is 0.394 e. The topological polar surface area (TPSA) is 70.1 Å². The van der Waals surface area contributed by atoms with E-state index in [0.717, 1.165) is 42.6 Å². The Hall–Kier alpha value is -1.01. The third-order valence-electron chi connectivity index (χ3n) is 3.25. The van der Waals surface area contributed by atoms with Gasteiger partial charge < -0.3 is 15.7 Å². The van der Waals surface area contributed by atoms with Crippen molar-refractivity contribution in [2.24, 2.45) is 0 Å². The second-order valence-corrected chi connectivity index (χ2v) is 5.35. The number of anilines is 2. The zero-order valence-corrected chi connectivity index (χ0v) is 11.7. The third-order valence-corrected chi connectivity index (χ3v) is 3.80. The Bertz CT molecular complexity index is 404. The predicted octanol–water partition coefficient (Wildman–Crippen LogP) is 1.96. The molecule has 0 aromatic carbocycles. The van der Waals surface area contributed by atoms with Crippen molar-refractivity contribution in [3.05, 3.63) is 6.07 Å². The lowest BCUT2D eigenvalue weighted by atomic mass is 9.77. The monoisotopic (exact) mass is 268 g/mol. The van der Waals surface area contributed by atoms with Crippen molar-refractivity contribution >= 4 is 23.4 Å². The molecular formula is C12H20N4OS. The number of hydrogen-bond acceptors (Lipinski definition) is 6. The molecule has 0 amide bonds. The van der Waals surface area contributed by atoms with Crippen LogP contribution in [0.4, 0.5) is 11.6 Å². The maximum Gasteiger partial charge on any atom is 0.191 e. The zero-order chi connectivity index (χ0) is 13.0. The summed E-state index contributed by atoms with van der Waals surface area (Å²) in [5.41, 5.74) is -0.173. The summed E-state index contributed by atoms with van der Waals surface area (Å²) in [5, 5.41) is 16.8. The normalized spacial score (nSPS) is 17.1. The van der Waals surface area contributed by atoms with Crippen molar-refractivity contribution in [2.45, 2.75) is 36.9 Å². The molecule has 1 aliphatic rings. The fourth-order valence-electron chi connectivity index (χ4n) is 2.05. The van der Waals surface area contributed by atoms with Gasteiger partial charge in [0.2, 0.25) is 0 Å². The molecule has 0 saturated heterocycles. The molecule has 6 heteroatoms. The van der Waals surface area contributed by atoms with Crippen LogP contribution < -0.4 is 10.6 Å². The Morgan fingerprint density at radius 2 is 2.11 bits per heavy atom. The van der Waals surface area contributed by atoms with Gasteiger partial charge in [-0.15, -0.1) is 0 Å². The Balaban J connectivity index is 2.18. The Labute approximate surface area is 112 Å². The first-order valence-corrected chi connectivity index (χ1v) is 7.50. The molecule has 5 nitrogen and oxygen atoms in total. The number of aliphatic hydroxyl groups excluding tert-OH is 1. The summed E-state index contributed by atoms with van der Waals surface area (Å²) in [5.74, 6) is 1.62. The van der Waals surface area contributed by atoms with Crippen molar-refractivity contribution in [3.63, 3.8) is 0 Å². The molecule has 1 aliphatic carbocycles. The summed E-state index contributed by atoms with van der Waals surface area (Å²) in [7, 11) is 0. The van der Waals surface area contributed by atoms with Gasteiger partial charge in [-0.25, -0.2) is 9.97 Å². The third kappa shape index (κ3) is 2.87. The summed E-state index contributed by atoms with van der Waals surface area (Å²) in [6.07, 6.45) is 5.12. The van der Waals surface area contributed by atoms with Crippen molar-refractivity contribution < 1.29 is 5.11 Å². The minimum atomic E-state index is -0.173. The summed E-state index contributed by atoms with van der Waals surface area (Å²) in [4.78, 5) is 8.82. The van der Waals surface area contributed by atoms with Crippen molar-refractivity contribution in [3.8, 4) is 0 Å². The summed E-state index contributed by atoms with van der Waals surface area (Å²) < 4.78 is 0. The smallest absolute Gasteiger partial charge is 0.191 e. The maximum absolute atomic E-state index is 9.47. The van der Waals surface area contributed by atoms with E-state index in [1.807, 2.05) is 19.2 Å². The lowest BCUT2D eigenvalue weighted by Gasteiger charge is -2.41. The van der Waals surface area contributed by atoms with E-state index in [9.17, 15) is 5.11 Å². The molecule has 0 aliphatic heterocycles. The molecule has 18 heavy (non-hydrogen) atoms. The fourth-order valence-corrected chi connectivity index (χ4v) is 2.43. The van der Waals surface area contributed by atoms with E-state index in [4.69, 9.17) is 0 Å². The van der Waals surface area contributed by atoms with Gasteiger partial charge in [0.05, 0.1) is 12.1 Å². The second-order valence-electron chi connectivity index (χ2n) is 4.57. The maximum atomic E-state index is 9.47. The molecule has 1 aromatic heterocycles. The van der Waals surface area contributed by atoms with Gasteiger partial charge in [-0.2, -0.15) is 0 Å². The van der Waals surface area contributed by atoms with E-state index in [2.05, 4.69) is 20.6 Å². The number of hydrogen-bond donors (Lipinski definition) is 3. The van der Waals surface area contributed by atoms with Gasteiger partial charge in [0.25, 0.3) is 0 Å². The average Bonchev–Trinajstić information content (AvgIpc) is 2.34. The SMILES string of the molecule is CCNc1cc(NC2(CO)CCC2)nc(SC)n1. The highest BCUT2D eigenvalue weighted by Crippen LogP contribution is 2.35. The van der Waals surface area contributed by atoms with Crippen LogP contribution in [-0.2, 0) is 0 Å².